The molecule has 16 heavy (non-hydrogen) atoms. The van der Waals surface area contributed by atoms with E-state index in [1.165, 1.54) is 5.56 Å². The Labute approximate surface area is 101 Å². The first kappa shape index (κ1) is 11.8. The van der Waals surface area contributed by atoms with Gasteiger partial charge in [-0.05, 0) is 38.6 Å². The minimum atomic E-state index is 0.0514. The van der Waals surface area contributed by atoms with E-state index in [1.54, 1.807) is 0 Å². The van der Waals surface area contributed by atoms with Crippen molar-refractivity contribution in [2.24, 2.45) is 0 Å². The molecule has 0 aromatic carbocycles. The van der Waals surface area contributed by atoms with Gasteiger partial charge in [-0.2, -0.15) is 0 Å². The summed E-state index contributed by atoms with van der Waals surface area (Å²) in [5, 5.41) is 0.546. The Kier molecular flexibility index (Phi) is 3.47. The standard InChI is InChI=1S/C12H17ClN2O/c1-15(2)12(5-7-16-8-6-12)10-3-4-11(13)14-9-10/h3-4,9H,5-8H2,1-2H3. The van der Waals surface area contributed by atoms with Crippen LogP contribution in [0.3, 0.4) is 0 Å². The molecule has 0 spiro atoms. The highest BCUT2D eigenvalue weighted by Gasteiger charge is 2.36. The number of aromatic nitrogens is 1. The van der Waals surface area contributed by atoms with E-state index in [-0.39, 0.29) is 5.54 Å². The van der Waals surface area contributed by atoms with Gasteiger partial charge < -0.3 is 4.74 Å². The Bertz CT molecular complexity index is 345. The third-order valence-corrected chi connectivity index (χ3v) is 3.66. The molecule has 0 atom stereocenters. The predicted octanol–water partition coefficient (Wildman–Crippen LogP) is 2.30. The predicted molar refractivity (Wildman–Crippen MR) is 64.7 cm³/mol. The second-order valence-corrected chi connectivity index (χ2v) is 4.80. The second-order valence-electron chi connectivity index (χ2n) is 4.41. The van der Waals surface area contributed by atoms with Crippen molar-refractivity contribution in [1.82, 2.24) is 9.88 Å². The van der Waals surface area contributed by atoms with Crippen LogP contribution >= 0.6 is 11.6 Å². The fourth-order valence-electron chi connectivity index (χ4n) is 2.35. The Morgan fingerprint density at radius 1 is 1.31 bits per heavy atom. The van der Waals surface area contributed by atoms with E-state index in [9.17, 15) is 0 Å². The molecule has 2 rings (SSSR count). The van der Waals surface area contributed by atoms with Crippen molar-refractivity contribution in [3.8, 4) is 0 Å². The van der Waals surface area contributed by atoms with E-state index in [2.05, 4.69) is 30.0 Å². The van der Waals surface area contributed by atoms with Gasteiger partial charge in [-0.15, -0.1) is 0 Å². The largest absolute Gasteiger partial charge is 0.381 e. The van der Waals surface area contributed by atoms with Gasteiger partial charge in [-0.1, -0.05) is 17.7 Å². The average Bonchev–Trinajstić information content (AvgIpc) is 2.30. The Morgan fingerprint density at radius 3 is 2.50 bits per heavy atom. The van der Waals surface area contributed by atoms with Gasteiger partial charge in [0.2, 0.25) is 0 Å². The molecule has 0 radical (unpaired) electrons. The fraction of sp³-hybridized carbons (Fsp3) is 0.583. The van der Waals surface area contributed by atoms with Gasteiger partial charge in [0.25, 0.3) is 0 Å². The molecule has 3 nitrogen and oxygen atoms in total. The number of hydrogen-bond donors (Lipinski definition) is 0. The van der Waals surface area contributed by atoms with Crippen molar-refractivity contribution >= 4 is 11.6 Å². The van der Waals surface area contributed by atoms with Crippen LogP contribution in [0.2, 0.25) is 5.15 Å². The number of nitrogens with zero attached hydrogens (tertiary/aromatic N) is 2. The lowest BCUT2D eigenvalue weighted by molar-refractivity contribution is -0.0107. The van der Waals surface area contributed by atoms with Crippen molar-refractivity contribution in [3.63, 3.8) is 0 Å². The molecule has 1 fully saturated rings. The number of pyridine rings is 1. The van der Waals surface area contributed by atoms with Crippen LogP contribution < -0.4 is 0 Å². The molecule has 1 aliphatic heterocycles. The van der Waals surface area contributed by atoms with E-state index in [0.29, 0.717) is 5.15 Å². The van der Waals surface area contributed by atoms with Gasteiger partial charge in [0.15, 0.2) is 0 Å². The van der Waals surface area contributed by atoms with Crippen molar-refractivity contribution in [3.05, 3.63) is 29.0 Å². The van der Waals surface area contributed by atoms with E-state index in [0.717, 1.165) is 26.1 Å². The first-order valence-corrected chi connectivity index (χ1v) is 5.90. The summed E-state index contributed by atoms with van der Waals surface area (Å²) in [6.45, 7) is 1.61. The Morgan fingerprint density at radius 2 is 2.00 bits per heavy atom. The van der Waals surface area contributed by atoms with Gasteiger partial charge in [0.05, 0.1) is 5.54 Å². The van der Waals surface area contributed by atoms with E-state index >= 15 is 0 Å². The molecule has 0 saturated carbocycles. The highest BCUT2D eigenvalue weighted by atomic mass is 35.5. The third-order valence-electron chi connectivity index (χ3n) is 3.44. The van der Waals surface area contributed by atoms with Crippen LogP contribution in [0.4, 0.5) is 0 Å². The molecule has 0 amide bonds. The molecule has 1 aliphatic rings. The normalized spacial score (nSPS) is 20.0. The number of hydrogen-bond acceptors (Lipinski definition) is 3. The molecule has 0 bridgehead atoms. The highest BCUT2D eigenvalue weighted by molar-refractivity contribution is 6.29. The van der Waals surface area contributed by atoms with Gasteiger partial charge >= 0.3 is 0 Å². The zero-order valence-corrected chi connectivity index (χ0v) is 10.5. The third kappa shape index (κ3) is 2.08. The van der Waals surface area contributed by atoms with Crippen LogP contribution in [-0.2, 0) is 10.3 Å². The molecule has 0 aliphatic carbocycles. The summed E-state index contributed by atoms with van der Waals surface area (Å²) >= 11 is 5.83. The summed E-state index contributed by atoms with van der Waals surface area (Å²) in [6.07, 6.45) is 3.89. The SMILES string of the molecule is CN(C)C1(c2ccc(Cl)nc2)CCOCC1. The fourth-order valence-corrected chi connectivity index (χ4v) is 2.47. The lowest BCUT2D eigenvalue weighted by Crippen LogP contribution is -2.45. The Hall–Kier alpha value is -0.640. The summed E-state index contributed by atoms with van der Waals surface area (Å²) in [5.74, 6) is 0. The average molecular weight is 241 g/mol. The summed E-state index contributed by atoms with van der Waals surface area (Å²) in [5.41, 5.74) is 1.28. The summed E-state index contributed by atoms with van der Waals surface area (Å²) < 4.78 is 5.45. The highest BCUT2D eigenvalue weighted by Crippen LogP contribution is 2.36. The maximum absolute atomic E-state index is 5.83. The monoisotopic (exact) mass is 240 g/mol. The van der Waals surface area contributed by atoms with Gasteiger partial charge in [-0.3, -0.25) is 4.90 Å². The minimum absolute atomic E-state index is 0.0514. The molecule has 4 heteroatoms. The quantitative estimate of drug-likeness (QED) is 0.742. The van der Waals surface area contributed by atoms with Crippen LogP contribution in [0, 0.1) is 0 Å². The topological polar surface area (TPSA) is 25.4 Å². The van der Waals surface area contributed by atoms with Gasteiger partial charge in [0.1, 0.15) is 5.15 Å². The second kappa shape index (κ2) is 4.70. The van der Waals surface area contributed by atoms with E-state index in [4.69, 9.17) is 16.3 Å². The first-order valence-electron chi connectivity index (χ1n) is 5.52. The lowest BCUT2D eigenvalue weighted by Gasteiger charge is -2.43. The molecule has 1 saturated heterocycles. The van der Waals surface area contributed by atoms with E-state index < -0.39 is 0 Å². The molecule has 0 N–H and O–H groups in total. The molecule has 88 valence electrons. The summed E-state index contributed by atoms with van der Waals surface area (Å²) in [6, 6.07) is 3.93. The van der Waals surface area contributed by atoms with Crippen molar-refractivity contribution in [2.45, 2.75) is 18.4 Å². The van der Waals surface area contributed by atoms with Crippen LogP contribution in [0.1, 0.15) is 18.4 Å². The van der Waals surface area contributed by atoms with Crippen molar-refractivity contribution in [2.75, 3.05) is 27.3 Å². The van der Waals surface area contributed by atoms with E-state index in [1.807, 2.05) is 12.3 Å². The number of ether oxygens (including phenoxy) is 1. The summed E-state index contributed by atoms with van der Waals surface area (Å²) in [4.78, 5) is 6.44. The maximum atomic E-state index is 5.83. The maximum Gasteiger partial charge on any atom is 0.129 e. The van der Waals surface area contributed by atoms with Crippen LogP contribution in [0.25, 0.3) is 0 Å². The molecule has 1 aromatic rings. The molecule has 0 unspecified atom stereocenters. The van der Waals surface area contributed by atoms with Gasteiger partial charge in [0, 0.05) is 19.4 Å². The van der Waals surface area contributed by atoms with Crippen LogP contribution in [-0.4, -0.2) is 37.2 Å². The minimum Gasteiger partial charge on any atom is -0.381 e. The Balaban J connectivity index is 2.34. The van der Waals surface area contributed by atoms with Crippen molar-refractivity contribution in [1.29, 1.82) is 0 Å². The molecule has 1 aromatic heterocycles. The first-order chi connectivity index (χ1) is 7.65. The van der Waals surface area contributed by atoms with Gasteiger partial charge in [-0.25, -0.2) is 4.98 Å². The zero-order chi connectivity index (χ0) is 11.6. The van der Waals surface area contributed by atoms with Crippen molar-refractivity contribution < 1.29 is 4.74 Å². The van der Waals surface area contributed by atoms with Crippen LogP contribution in [0.15, 0.2) is 18.3 Å². The molecular weight excluding hydrogens is 224 g/mol. The lowest BCUT2D eigenvalue weighted by atomic mass is 9.82. The molecule has 2 heterocycles. The summed E-state index contributed by atoms with van der Waals surface area (Å²) in [7, 11) is 4.22. The number of halogens is 1. The molecular formula is C12H17ClN2O. The van der Waals surface area contributed by atoms with Crippen LogP contribution in [0.5, 0.6) is 0 Å². The number of rotatable bonds is 2. The smallest absolute Gasteiger partial charge is 0.129 e. The zero-order valence-electron chi connectivity index (χ0n) is 9.74.